The maximum absolute atomic E-state index is 9.86. The lowest BCUT2D eigenvalue weighted by molar-refractivity contribution is 0.263. The number of hydrogen-bond donors (Lipinski definition) is 5. The minimum absolute atomic E-state index is 0.0871. The first kappa shape index (κ1) is 16.3. The zero-order chi connectivity index (χ0) is 16.3. The van der Waals surface area contributed by atoms with Crippen LogP contribution in [0.2, 0.25) is 0 Å². The predicted octanol–water partition coefficient (Wildman–Crippen LogP) is 1.47. The van der Waals surface area contributed by atoms with Gasteiger partial charge in [-0.15, -0.1) is 0 Å². The van der Waals surface area contributed by atoms with Crippen LogP contribution < -0.4 is 0 Å². The summed E-state index contributed by atoms with van der Waals surface area (Å²) in [5.41, 5.74) is 3.56. The molecule has 5 nitrogen and oxygen atoms in total. The molecule has 118 valence electrons. The summed E-state index contributed by atoms with van der Waals surface area (Å²) in [5, 5.41) is 47.5. The fourth-order valence-corrected chi connectivity index (χ4v) is 2.57. The average Bonchev–Trinajstić information content (AvgIpc) is 2.52. The van der Waals surface area contributed by atoms with E-state index in [0.29, 0.717) is 28.7 Å². The second-order valence-electron chi connectivity index (χ2n) is 5.33. The Morgan fingerprint density at radius 2 is 1.09 bits per heavy atom. The molecule has 22 heavy (non-hydrogen) atoms. The Morgan fingerprint density at radius 3 is 1.55 bits per heavy atom. The summed E-state index contributed by atoms with van der Waals surface area (Å²) in [6.45, 7) is 0.874. The highest BCUT2D eigenvalue weighted by molar-refractivity contribution is 5.47. The van der Waals surface area contributed by atoms with Crippen molar-refractivity contribution in [1.82, 2.24) is 0 Å². The van der Waals surface area contributed by atoms with Gasteiger partial charge in [-0.2, -0.15) is 0 Å². The molecule has 0 saturated carbocycles. The topological polar surface area (TPSA) is 101 Å². The van der Waals surface area contributed by atoms with Gasteiger partial charge in [0.2, 0.25) is 0 Å². The Morgan fingerprint density at radius 1 is 0.682 bits per heavy atom. The maximum atomic E-state index is 9.86. The van der Waals surface area contributed by atoms with Crippen molar-refractivity contribution in [1.29, 1.82) is 0 Å². The first-order chi connectivity index (χ1) is 10.5. The number of benzene rings is 2. The van der Waals surface area contributed by atoms with E-state index in [-0.39, 0.29) is 31.3 Å². The van der Waals surface area contributed by atoms with Crippen molar-refractivity contribution in [2.45, 2.75) is 33.2 Å². The molecule has 0 spiro atoms. The van der Waals surface area contributed by atoms with E-state index < -0.39 is 0 Å². The third-order valence-electron chi connectivity index (χ3n) is 3.69. The number of rotatable bonds is 5. The molecule has 0 amide bonds. The SMILES string of the molecule is Cc1cc(Cc2cc(CO)c(O)c(CO)c2)cc(CO)c1O. The zero-order valence-corrected chi connectivity index (χ0v) is 12.4. The lowest BCUT2D eigenvalue weighted by Gasteiger charge is -2.12. The third-order valence-corrected chi connectivity index (χ3v) is 3.69. The summed E-state index contributed by atoms with van der Waals surface area (Å²) in [6, 6.07) is 6.88. The molecule has 0 bridgehead atoms. The van der Waals surface area contributed by atoms with Crippen LogP contribution in [0.4, 0.5) is 0 Å². The molecule has 2 aromatic carbocycles. The van der Waals surface area contributed by atoms with Gasteiger partial charge in [0.1, 0.15) is 11.5 Å². The van der Waals surface area contributed by atoms with Gasteiger partial charge in [-0.3, -0.25) is 0 Å². The van der Waals surface area contributed by atoms with E-state index in [9.17, 15) is 25.5 Å². The molecule has 2 aromatic rings. The van der Waals surface area contributed by atoms with Crippen molar-refractivity contribution in [2.24, 2.45) is 0 Å². The molecule has 0 atom stereocenters. The van der Waals surface area contributed by atoms with E-state index in [1.54, 1.807) is 25.1 Å². The van der Waals surface area contributed by atoms with Crippen LogP contribution in [0.15, 0.2) is 24.3 Å². The van der Waals surface area contributed by atoms with Crippen LogP contribution in [0.3, 0.4) is 0 Å². The number of hydrogen-bond acceptors (Lipinski definition) is 5. The summed E-state index contributed by atoms with van der Waals surface area (Å²) >= 11 is 0. The first-order valence-electron chi connectivity index (χ1n) is 6.97. The number of aromatic hydroxyl groups is 2. The predicted molar refractivity (Wildman–Crippen MR) is 81.5 cm³/mol. The molecule has 0 aliphatic carbocycles. The van der Waals surface area contributed by atoms with Gasteiger partial charge in [-0.25, -0.2) is 0 Å². The highest BCUT2D eigenvalue weighted by atomic mass is 16.3. The van der Waals surface area contributed by atoms with Gasteiger partial charge in [0, 0.05) is 16.7 Å². The van der Waals surface area contributed by atoms with Crippen LogP contribution in [-0.4, -0.2) is 25.5 Å². The number of aryl methyl sites for hydroxylation is 1. The van der Waals surface area contributed by atoms with Crippen molar-refractivity contribution in [3.05, 3.63) is 57.6 Å². The summed E-state index contributed by atoms with van der Waals surface area (Å²) in [6.07, 6.45) is 0.494. The second kappa shape index (κ2) is 6.79. The minimum atomic E-state index is -0.316. The van der Waals surface area contributed by atoms with Crippen molar-refractivity contribution in [2.75, 3.05) is 0 Å². The van der Waals surface area contributed by atoms with E-state index in [0.717, 1.165) is 11.1 Å². The largest absolute Gasteiger partial charge is 0.507 e. The summed E-state index contributed by atoms with van der Waals surface area (Å²) in [5.74, 6) is -0.00395. The first-order valence-corrected chi connectivity index (χ1v) is 6.97. The average molecular weight is 304 g/mol. The van der Waals surface area contributed by atoms with E-state index in [1.807, 2.05) is 6.07 Å². The van der Waals surface area contributed by atoms with Crippen LogP contribution >= 0.6 is 0 Å². The van der Waals surface area contributed by atoms with Crippen molar-refractivity contribution < 1.29 is 25.5 Å². The fourth-order valence-electron chi connectivity index (χ4n) is 2.57. The van der Waals surface area contributed by atoms with Crippen LogP contribution in [0.25, 0.3) is 0 Å². The Bertz CT molecular complexity index is 654. The van der Waals surface area contributed by atoms with Gasteiger partial charge < -0.3 is 25.5 Å². The highest BCUT2D eigenvalue weighted by Crippen LogP contribution is 2.28. The van der Waals surface area contributed by atoms with Crippen molar-refractivity contribution >= 4 is 0 Å². The van der Waals surface area contributed by atoms with E-state index in [4.69, 9.17) is 0 Å². The molecule has 0 radical (unpaired) electrons. The summed E-state index contributed by atoms with van der Waals surface area (Å²) in [7, 11) is 0. The number of aliphatic hydroxyl groups excluding tert-OH is 3. The molecular formula is C17H20O5. The Labute approximate surface area is 128 Å². The molecular weight excluding hydrogens is 284 g/mol. The molecule has 0 unspecified atom stereocenters. The molecule has 0 aromatic heterocycles. The standard InChI is InChI=1S/C17H20O5/c1-10-2-11(4-13(7-18)16(10)21)3-12-5-14(8-19)17(22)15(6-12)9-20/h2,4-6,18-22H,3,7-9H2,1H3. The third kappa shape index (κ3) is 3.22. The summed E-state index contributed by atoms with van der Waals surface area (Å²) < 4.78 is 0. The smallest absolute Gasteiger partial charge is 0.126 e. The number of phenols is 2. The van der Waals surface area contributed by atoms with Crippen LogP contribution in [0.5, 0.6) is 11.5 Å². The quantitative estimate of drug-likeness (QED) is 0.576. The normalized spacial score (nSPS) is 10.9. The van der Waals surface area contributed by atoms with Gasteiger partial charge in [0.25, 0.3) is 0 Å². The molecule has 0 fully saturated rings. The lowest BCUT2D eigenvalue weighted by Crippen LogP contribution is -1.98. The van der Waals surface area contributed by atoms with Crippen LogP contribution in [0.1, 0.15) is 33.4 Å². The van der Waals surface area contributed by atoms with Gasteiger partial charge in [0.15, 0.2) is 0 Å². The maximum Gasteiger partial charge on any atom is 0.126 e. The molecule has 0 aliphatic rings. The van der Waals surface area contributed by atoms with Gasteiger partial charge >= 0.3 is 0 Å². The zero-order valence-electron chi connectivity index (χ0n) is 12.4. The summed E-state index contributed by atoms with van der Waals surface area (Å²) in [4.78, 5) is 0. The molecule has 5 heteroatoms. The Balaban J connectivity index is 2.41. The van der Waals surface area contributed by atoms with E-state index >= 15 is 0 Å². The monoisotopic (exact) mass is 304 g/mol. The Kier molecular flexibility index (Phi) is 5.03. The van der Waals surface area contributed by atoms with Crippen molar-refractivity contribution in [3.8, 4) is 11.5 Å². The highest BCUT2D eigenvalue weighted by Gasteiger charge is 2.11. The van der Waals surface area contributed by atoms with Gasteiger partial charge in [-0.1, -0.05) is 6.07 Å². The van der Waals surface area contributed by atoms with Crippen LogP contribution in [0, 0.1) is 6.92 Å². The molecule has 0 aliphatic heterocycles. The molecule has 0 heterocycles. The molecule has 2 rings (SSSR count). The van der Waals surface area contributed by atoms with Gasteiger partial charge in [0.05, 0.1) is 19.8 Å². The van der Waals surface area contributed by atoms with Crippen molar-refractivity contribution in [3.63, 3.8) is 0 Å². The minimum Gasteiger partial charge on any atom is -0.507 e. The van der Waals surface area contributed by atoms with E-state index in [2.05, 4.69) is 0 Å². The fraction of sp³-hybridized carbons (Fsp3) is 0.294. The molecule has 0 saturated heterocycles. The number of aliphatic hydroxyl groups is 3. The Hall–Kier alpha value is -2.08. The molecule has 5 N–H and O–H groups in total. The van der Waals surface area contributed by atoms with Gasteiger partial charge in [-0.05, 0) is 48.2 Å². The lowest BCUT2D eigenvalue weighted by atomic mass is 9.96. The van der Waals surface area contributed by atoms with E-state index in [1.165, 1.54) is 0 Å². The van der Waals surface area contributed by atoms with Crippen LogP contribution in [-0.2, 0) is 26.2 Å². The second-order valence-corrected chi connectivity index (χ2v) is 5.33.